The Bertz CT molecular complexity index is 800. The number of nitrogens with zero attached hydrogens (tertiary/aromatic N) is 1. The molecule has 2 aromatic rings. The Morgan fingerprint density at radius 3 is 2.62 bits per heavy atom. The molecular weight excluding hydrogens is 350 g/mol. The summed E-state index contributed by atoms with van der Waals surface area (Å²) in [5.74, 6) is 5.59. The third kappa shape index (κ3) is 5.46. The molecule has 2 aromatic heterocycles. The lowest BCUT2D eigenvalue weighted by atomic mass is 10.1. The number of hydrogen-bond donors (Lipinski definition) is 2. The van der Waals surface area contributed by atoms with Gasteiger partial charge in [0.2, 0.25) is 0 Å². The van der Waals surface area contributed by atoms with E-state index in [4.69, 9.17) is 4.42 Å². The van der Waals surface area contributed by atoms with Crippen molar-refractivity contribution >= 4 is 17.2 Å². The van der Waals surface area contributed by atoms with E-state index in [2.05, 4.69) is 11.8 Å². The summed E-state index contributed by atoms with van der Waals surface area (Å²) in [6.07, 6.45) is 0.638. The second-order valence-corrected chi connectivity index (χ2v) is 8.04. The van der Waals surface area contributed by atoms with Gasteiger partial charge in [-0.15, -0.1) is 11.3 Å². The van der Waals surface area contributed by atoms with E-state index in [0.717, 1.165) is 4.88 Å². The van der Waals surface area contributed by atoms with Crippen LogP contribution in [0.15, 0.2) is 28.7 Å². The number of carbonyl (C=O) groups is 1. The second-order valence-electron chi connectivity index (χ2n) is 6.66. The molecule has 0 bridgehead atoms. The van der Waals surface area contributed by atoms with Crippen LogP contribution in [0.4, 0.5) is 0 Å². The Labute approximate surface area is 158 Å². The lowest BCUT2D eigenvalue weighted by Crippen LogP contribution is -2.41. The summed E-state index contributed by atoms with van der Waals surface area (Å²) >= 11 is 1.63. The fraction of sp³-hybridized carbons (Fsp3) is 0.450. The SMILES string of the molecule is CC[C@@H](CO)N(Cc1ccc(C)s1)C(=O)c1ccc(C#CC(C)(C)O)o1. The third-order valence-electron chi connectivity index (χ3n) is 3.81. The molecule has 2 N–H and O–H groups in total. The van der Waals surface area contributed by atoms with E-state index in [1.165, 1.54) is 4.88 Å². The number of carbonyl (C=O) groups excluding carboxylic acids is 1. The maximum Gasteiger partial charge on any atom is 0.290 e. The van der Waals surface area contributed by atoms with E-state index in [9.17, 15) is 15.0 Å². The molecular formula is C20H25NO4S. The Hall–Kier alpha value is -2.07. The minimum Gasteiger partial charge on any atom is -0.443 e. The molecule has 0 aliphatic heterocycles. The average molecular weight is 375 g/mol. The standard InChI is InChI=1S/C20H25NO4S/c1-5-15(13-22)21(12-17-8-6-14(2)26-17)19(23)18-9-7-16(25-18)10-11-20(3,4)24/h6-9,15,22,24H,5,12-13H2,1-4H3/t15-/m0/s1. The molecule has 0 radical (unpaired) electrons. The van der Waals surface area contributed by atoms with E-state index in [1.54, 1.807) is 42.2 Å². The van der Waals surface area contributed by atoms with Crippen molar-refractivity contribution in [3.8, 4) is 11.8 Å². The summed E-state index contributed by atoms with van der Waals surface area (Å²) in [5, 5.41) is 19.4. The number of aryl methyl sites for hydroxylation is 1. The fourth-order valence-corrected chi connectivity index (χ4v) is 3.32. The quantitative estimate of drug-likeness (QED) is 0.761. The number of aliphatic hydroxyl groups excluding tert-OH is 1. The number of aliphatic hydroxyl groups is 2. The van der Waals surface area contributed by atoms with Gasteiger partial charge in [-0.2, -0.15) is 0 Å². The van der Waals surface area contributed by atoms with Crippen LogP contribution in [0.5, 0.6) is 0 Å². The van der Waals surface area contributed by atoms with Gasteiger partial charge in [0.1, 0.15) is 5.60 Å². The predicted molar refractivity (Wildman–Crippen MR) is 102 cm³/mol. The van der Waals surface area contributed by atoms with Crippen molar-refractivity contribution in [1.82, 2.24) is 4.90 Å². The van der Waals surface area contributed by atoms with E-state index < -0.39 is 5.60 Å². The summed E-state index contributed by atoms with van der Waals surface area (Å²) < 4.78 is 5.55. The van der Waals surface area contributed by atoms with Crippen LogP contribution in [-0.4, -0.2) is 39.3 Å². The first-order chi connectivity index (χ1) is 12.2. The maximum atomic E-state index is 13.0. The lowest BCUT2D eigenvalue weighted by molar-refractivity contribution is 0.0535. The van der Waals surface area contributed by atoms with Crippen LogP contribution in [0.1, 0.15) is 53.3 Å². The topological polar surface area (TPSA) is 73.9 Å². The first-order valence-electron chi connectivity index (χ1n) is 8.56. The molecule has 2 heterocycles. The summed E-state index contributed by atoms with van der Waals surface area (Å²) in [7, 11) is 0. The average Bonchev–Trinajstić information content (AvgIpc) is 3.21. The monoisotopic (exact) mass is 375 g/mol. The van der Waals surface area contributed by atoms with Gasteiger partial charge >= 0.3 is 0 Å². The predicted octanol–water partition coefficient (Wildman–Crippen LogP) is 3.19. The largest absolute Gasteiger partial charge is 0.443 e. The molecule has 0 spiro atoms. The number of amides is 1. The molecule has 0 saturated carbocycles. The highest BCUT2D eigenvalue weighted by molar-refractivity contribution is 7.11. The molecule has 140 valence electrons. The molecule has 0 fully saturated rings. The van der Waals surface area contributed by atoms with Crippen molar-refractivity contribution in [2.75, 3.05) is 6.61 Å². The van der Waals surface area contributed by atoms with Crippen molar-refractivity contribution in [2.45, 2.75) is 52.3 Å². The molecule has 1 atom stereocenters. The summed E-state index contributed by atoms with van der Waals surface area (Å²) in [5.41, 5.74) is -1.13. The van der Waals surface area contributed by atoms with Gasteiger partial charge in [0.25, 0.3) is 5.91 Å². The summed E-state index contributed by atoms with van der Waals surface area (Å²) in [6, 6.07) is 6.90. The minimum atomic E-state index is -1.13. The smallest absolute Gasteiger partial charge is 0.290 e. The van der Waals surface area contributed by atoms with Crippen molar-refractivity contribution in [3.05, 3.63) is 45.5 Å². The lowest BCUT2D eigenvalue weighted by Gasteiger charge is -2.28. The van der Waals surface area contributed by atoms with Crippen molar-refractivity contribution in [2.24, 2.45) is 0 Å². The highest BCUT2D eigenvalue weighted by Crippen LogP contribution is 2.21. The Kier molecular flexibility index (Phi) is 6.65. The third-order valence-corrected chi connectivity index (χ3v) is 4.80. The van der Waals surface area contributed by atoms with Crippen molar-refractivity contribution in [3.63, 3.8) is 0 Å². The number of rotatable bonds is 6. The fourth-order valence-electron chi connectivity index (χ4n) is 2.43. The zero-order valence-corrected chi connectivity index (χ0v) is 16.4. The van der Waals surface area contributed by atoms with Gasteiger partial charge in [-0.05, 0) is 57.4 Å². The molecule has 26 heavy (non-hydrogen) atoms. The normalized spacial score (nSPS) is 12.4. The molecule has 0 aromatic carbocycles. The van der Waals surface area contributed by atoms with E-state index >= 15 is 0 Å². The van der Waals surface area contributed by atoms with Gasteiger partial charge in [0.15, 0.2) is 11.5 Å². The molecule has 0 unspecified atom stereocenters. The van der Waals surface area contributed by atoms with E-state index in [1.807, 2.05) is 26.0 Å². The molecule has 1 amide bonds. The van der Waals surface area contributed by atoms with Gasteiger partial charge in [-0.3, -0.25) is 4.79 Å². The summed E-state index contributed by atoms with van der Waals surface area (Å²) in [6.45, 7) is 7.41. The highest BCUT2D eigenvalue weighted by atomic mass is 32.1. The second kappa shape index (κ2) is 8.54. The number of hydrogen-bond acceptors (Lipinski definition) is 5. The van der Waals surface area contributed by atoms with Crippen molar-refractivity contribution < 1.29 is 19.4 Å². The first kappa shape index (κ1) is 20.2. The molecule has 5 nitrogen and oxygen atoms in total. The Balaban J connectivity index is 2.25. The van der Waals surface area contributed by atoms with Crippen LogP contribution in [-0.2, 0) is 6.54 Å². The van der Waals surface area contributed by atoms with Crippen LogP contribution in [0.3, 0.4) is 0 Å². The van der Waals surface area contributed by atoms with Crippen LogP contribution in [0.25, 0.3) is 0 Å². The zero-order chi connectivity index (χ0) is 19.3. The van der Waals surface area contributed by atoms with Crippen LogP contribution in [0, 0.1) is 18.8 Å². The summed E-state index contributed by atoms with van der Waals surface area (Å²) in [4.78, 5) is 16.8. The number of furan rings is 1. The molecule has 2 rings (SSSR count). The molecule has 0 aliphatic carbocycles. The van der Waals surface area contributed by atoms with Gasteiger partial charge in [0.05, 0.1) is 19.2 Å². The van der Waals surface area contributed by atoms with Gasteiger partial charge in [-0.1, -0.05) is 12.8 Å². The Morgan fingerprint density at radius 1 is 1.35 bits per heavy atom. The van der Waals surface area contributed by atoms with Crippen LogP contribution < -0.4 is 0 Å². The zero-order valence-electron chi connectivity index (χ0n) is 15.6. The molecule has 0 aliphatic rings. The van der Waals surface area contributed by atoms with E-state index in [-0.39, 0.29) is 24.3 Å². The van der Waals surface area contributed by atoms with Gasteiger partial charge in [0, 0.05) is 9.75 Å². The van der Waals surface area contributed by atoms with Gasteiger partial charge < -0.3 is 19.5 Å². The highest BCUT2D eigenvalue weighted by Gasteiger charge is 2.26. The minimum absolute atomic E-state index is 0.112. The van der Waals surface area contributed by atoms with Crippen LogP contribution in [0.2, 0.25) is 0 Å². The Morgan fingerprint density at radius 2 is 2.08 bits per heavy atom. The van der Waals surface area contributed by atoms with Crippen molar-refractivity contribution in [1.29, 1.82) is 0 Å². The van der Waals surface area contributed by atoms with Crippen LogP contribution >= 0.6 is 11.3 Å². The van der Waals surface area contributed by atoms with Gasteiger partial charge in [-0.25, -0.2) is 0 Å². The number of thiophene rings is 1. The van der Waals surface area contributed by atoms with E-state index in [0.29, 0.717) is 18.7 Å². The maximum absolute atomic E-state index is 13.0. The first-order valence-corrected chi connectivity index (χ1v) is 9.37. The molecule has 6 heteroatoms. The molecule has 0 saturated heterocycles.